The normalized spacial score (nSPS) is 10.3. The SMILES string of the molecule is CC(C)C(=O)NCCc1cccc(O)c1. The number of aromatic hydroxyl groups is 1. The van der Waals surface area contributed by atoms with Gasteiger partial charge in [-0.15, -0.1) is 0 Å². The number of benzene rings is 1. The highest BCUT2D eigenvalue weighted by molar-refractivity contribution is 5.77. The number of hydrogen-bond acceptors (Lipinski definition) is 2. The van der Waals surface area contributed by atoms with Crippen LogP contribution in [0.15, 0.2) is 24.3 Å². The van der Waals surface area contributed by atoms with E-state index in [2.05, 4.69) is 5.32 Å². The largest absolute Gasteiger partial charge is 0.508 e. The lowest BCUT2D eigenvalue weighted by atomic mass is 10.1. The predicted octanol–water partition coefficient (Wildman–Crippen LogP) is 1.71. The molecule has 0 atom stereocenters. The van der Waals surface area contributed by atoms with Crippen LogP contribution in [0.2, 0.25) is 0 Å². The van der Waals surface area contributed by atoms with E-state index in [1.165, 1.54) is 0 Å². The van der Waals surface area contributed by atoms with E-state index in [1.807, 2.05) is 19.9 Å². The van der Waals surface area contributed by atoms with Gasteiger partial charge in [0.25, 0.3) is 0 Å². The van der Waals surface area contributed by atoms with Crippen molar-refractivity contribution in [1.82, 2.24) is 5.32 Å². The van der Waals surface area contributed by atoms with Crippen molar-refractivity contribution in [2.45, 2.75) is 20.3 Å². The standard InChI is InChI=1S/C12H17NO2/c1-9(2)12(15)13-7-6-10-4-3-5-11(14)8-10/h3-5,8-9,14H,6-7H2,1-2H3,(H,13,15). The van der Waals surface area contributed by atoms with Gasteiger partial charge in [0.05, 0.1) is 0 Å². The van der Waals surface area contributed by atoms with Gasteiger partial charge in [-0.2, -0.15) is 0 Å². The number of rotatable bonds is 4. The highest BCUT2D eigenvalue weighted by Crippen LogP contribution is 2.10. The van der Waals surface area contributed by atoms with E-state index in [0.29, 0.717) is 6.54 Å². The van der Waals surface area contributed by atoms with Crippen molar-refractivity contribution < 1.29 is 9.90 Å². The van der Waals surface area contributed by atoms with Gasteiger partial charge in [-0.1, -0.05) is 26.0 Å². The van der Waals surface area contributed by atoms with Crippen molar-refractivity contribution in [3.63, 3.8) is 0 Å². The lowest BCUT2D eigenvalue weighted by Crippen LogP contribution is -2.29. The molecule has 3 heteroatoms. The minimum Gasteiger partial charge on any atom is -0.508 e. The molecule has 0 radical (unpaired) electrons. The molecule has 0 aliphatic carbocycles. The van der Waals surface area contributed by atoms with E-state index < -0.39 is 0 Å². The summed E-state index contributed by atoms with van der Waals surface area (Å²) in [5.74, 6) is 0.354. The van der Waals surface area contributed by atoms with E-state index in [4.69, 9.17) is 0 Å². The van der Waals surface area contributed by atoms with Gasteiger partial charge in [0.2, 0.25) is 5.91 Å². The van der Waals surface area contributed by atoms with Crippen LogP contribution in [0.4, 0.5) is 0 Å². The van der Waals surface area contributed by atoms with Gasteiger partial charge in [0, 0.05) is 12.5 Å². The van der Waals surface area contributed by atoms with Gasteiger partial charge >= 0.3 is 0 Å². The van der Waals surface area contributed by atoms with Crippen LogP contribution >= 0.6 is 0 Å². The molecule has 3 nitrogen and oxygen atoms in total. The Labute approximate surface area is 90.1 Å². The predicted molar refractivity (Wildman–Crippen MR) is 59.7 cm³/mol. The topological polar surface area (TPSA) is 49.3 Å². The molecule has 1 aromatic rings. The molecule has 0 spiro atoms. The molecule has 1 rings (SSSR count). The van der Waals surface area contributed by atoms with E-state index in [-0.39, 0.29) is 17.6 Å². The Morgan fingerprint density at radius 2 is 2.20 bits per heavy atom. The molecule has 0 aliphatic heterocycles. The zero-order valence-electron chi connectivity index (χ0n) is 9.16. The van der Waals surface area contributed by atoms with Crippen LogP contribution in [-0.2, 0) is 11.2 Å². The molecular weight excluding hydrogens is 190 g/mol. The minimum atomic E-state index is 0.0224. The first-order valence-electron chi connectivity index (χ1n) is 5.15. The number of carbonyl (C=O) groups is 1. The second kappa shape index (κ2) is 5.39. The van der Waals surface area contributed by atoms with Gasteiger partial charge < -0.3 is 10.4 Å². The maximum absolute atomic E-state index is 11.2. The third kappa shape index (κ3) is 4.02. The minimum absolute atomic E-state index is 0.0224. The third-order valence-corrected chi connectivity index (χ3v) is 2.15. The van der Waals surface area contributed by atoms with E-state index in [0.717, 1.165) is 12.0 Å². The molecule has 15 heavy (non-hydrogen) atoms. The Kier molecular flexibility index (Phi) is 4.16. The Balaban J connectivity index is 2.35. The average Bonchev–Trinajstić information content (AvgIpc) is 2.17. The van der Waals surface area contributed by atoms with E-state index in [1.54, 1.807) is 18.2 Å². The molecule has 0 saturated heterocycles. The van der Waals surface area contributed by atoms with Gasteiger partial charge in [0.1, 0.15) is 5.75 Å². The summed E-state index contributed by atoms with van der Waals surface area (Å²) >= 11 is 0. The summed E-state index contributed by atoms with van der Waals surface area (Å²) in [5.41, 5.74) is 1.03. The monoisotopic (exact) mass is 207 g/mol. The van der Waals surface area contributed by atoms with Crippen LogP contribution in [0.3, 0.4) is 0 Å². The van der Waals surface area contributed by atoms with Gasteiger partial charge in [-0.3, -0.25) is 4.79 Å². The van der Waals surface area contributed by atoms with Crippen LogP contribution in [0.1, 0.15) is 19.4 Å². The van der Waals surface area contributed by atoms with Gasteiger partial charge in [-0.05, 0) is 24.1 Å². The summed E-state index contributed by atoms with van der Waals surface area (Å²) in [6.07, 6.45) is 0.743. The van der Waals surface area contributed by atoms with Crippen molar-refractivity contribution in [2.75, 3.05) is 6.54 Å². The van der Waals surface area contributed by atoms with E-state index in [9.17, 15) is 9.90 Å². The molecule has 0 unspecified atom stereocenters. The Morgan fingerprint density at radius 1 is 1.47 bits per heavy atom. The number of hydrogen-bond donors (Lipinski definition) is 2. The van der Waals surface area contributed by atoms with Gasteiger partial charge in [0.15, 0.2) is 0 Å². The molecule has 1 aromatic carbocycles. The average molecular weight is 207 g/mol. The maximum Gasteiger partial charge on any atom is 0.222 e. The van der Waals surface area contributed by atoms with Crippen molar-refractivity contribution in [3.8, 4) is 5.75 Å². The second-order valence-corrected chi connectivity index (χ2v) is 3.87. The van der Waals surface area contributed by atoms with Gasteiger partial charge in [-0.25, -0.2) is 0 Å². The molecule has 82 valence electrons. The lowest BCUT2D eigenvalue weighted by Gasteiger charge is -2.07. The molecular formula is C12H17NO2. The van der Waals surface area contributed by atoms with Crippen molar-refractivity contribution in [2.24, 2.45) is 5.92 Å². The van der Waals surface area contributed by atoms with Crippen LogP contribution in [0, 0.1) is 5.92 Å². The van der Waals surface area contributed by atoms with Crippen LogP contribution < -0.4 is 5.32 Å². The van der Waals surface area contributed by atoms with Crippen LogP contribution in [-0.4, -0.2) is 17.6 Å². The van der Waals surface area contributed by atoms with E-state index >= 15 is 0 Å². The fraction of sp³-hybridized carbons (Fsp3) is 0.417. The third-order valence-electron chi connectivity index (χ3n) is 2.15. The summed E-state index contributed by atoms with van der Waals surface area (Å²) in [5, 5.41) is 12.1. The first-order valence-corrected chi connectivity index (χ1v) is 5.15. The summed E-state index contributed by atoms with van der Waals surface area (Å²) in [7, 11) is 0. The fourth-order valence-corrected chi connectivity index (χ4v) is 1.25. The molecule has 0 fully saturated rings. The number of phenolic OH excluding ortho intramolecular Hbond substituents is 1. The summed E-state index contributed by atoms with van der Waals surface area (Å²) in [4.78, 5) is 11.2. The fourth-order valence-electron chi connectivity index (χ4n) is 1.25. The molecule has 0 bridgehead atoms. The maximum atomic E-state index is 11.2. The summed E-state index contributed by atoms with van der Waals surface area (Å²) in [6, 6.07) is 7.08. The zero-order valence-corrected chi connectivity index (χ0v) is 9.16. The molecule has 1 amide bonds. The number of phenols is 1. The summed E-state index contributed by atoms with van der Waals surface area (Å²) < 4.78 is 0. The van der Waals surface area contributed by atoms with Crippen molar-refractivity contribution in [1.29, 1.82) is 0 Å². The second-order valence-electron chi connectivity index (χ2n) is 3.87. The lowest BCUT2D eigenvalue weighted by molar-refractivity contribution is -0.123. The number of nitrogens with one attached hydrogen (secondary N) is 1. The molecule has 0 heterocycles. The number of carbonyl (C=O) groups excluding carboxylic acids is 1. The first-order chi connectivity index (χ1) is 7.09. The Bertz CT molecular complexity index is 334. The quantitative estimate of drug-likeness (QED) is 0.789. The Morgan fingerprint density at radius 3 is 2.80 bits per heavy atom. The highest BCUT2D eigenvalue weighted by Gasteiger charge is 2.05. The highest BCUT2D eigenvalue weighted by atomic mass is 16.3. The molecule has 0 aromatic heterocycles. The van der Waals surface area contributed by atoms with Crippen molar-refractivity contribution >= 4 is 5.91 Å². The zero-order chi connectivity index (χ0) is 11.3. The first kappa shape index (κ1) is 11.6. The summed E-state index contributed by atoms with van der Waals surface area (Å²) in [6.45, 7) is 4.34. The van der Waals surface area contributed by atoms with Crippen molar-refractivity contribution in [3.05, 3.63) is 29.8 Å². The van der Waals surface area contributed by atoms with Crippen LogP contribution in [0.5, 0.6) is 5.75 Å². The molecule has 2 N–H and O–H groups in total. The molecule has 0 saturated carbocycles. The Hall–Kier alpha value is -1.51. The molecule has 0 aliphatic rings. The number of amides is 1. The van der Waals surface area contributed by atoms with Crippen LogP contribution in [0.25, 0.3) is 0 Å². The smallest absolute Gasteiger partial charge is 0.222 e.